The van der Waals surface area contributed by atoms with E-state index in [1.807, 2.05) is 6.92 Å². The highest BCUT2D eigenvalue weighted by atomic mass is 19.1. The number of hydrogen-bond acceptors (Lipinski definition) is 8. The van der Waals surface area contributed by atoms with Gasteiger partial charge in [-0.3, -0.25) is 0 Å². The number of aliphatic hydroxyl groups is 2. The summed E-state index contributed by atoms with van der Waals surface area (Å²) < 4.78 is 31.7. The van der Waals surface area contributed by atoms with Crippen LogP contribution in [0.15, 0.2) is 12.1 Å². The first-order chi connectivity index (χ1) is 18.8. The van der Waals surface area contributed by atoms with E-state index in [0.717, 1.165) is 12.8 Å². The van der Waals surface area contributed by atoms with Crippen molar-refractivity contribution in [1.82, 2.24) is 0 Å². The predicted octanol–water partition coefficient (Wildman–Crippen LogP) is 3.31. The quantitative estimate of drug-likeness (QED) is 0.310. The molecule has 0 saturated heterocycles. The zero-order valence-electron chi connectivity index (χ0n) is 24.4. The monoisotopic (exact) mass is 562 g/mol. The van der Waals surface area contributed by atoms with E-state index in [1.165, 1.54) is 6.07 Å². The van der Waals surface area contributed by atoms with Crippen molar-refractivity contribution in [2.24, 2.45) is 28.1 Å². The Balaban J connectivity index is 1.60. The molecule has 1 aliphatic heterocycles. The summed E-state index contributed by atoms with van der Waals surface area (Å²) in [5.74, 6) is -1.41. The third kappa shape index (κ3) is 5.69. The molecule has 2 fully saturated rings. The zero-order chi connectivity index (χ0) is 29.5. The van der Waals surface area contributed by atoms with Gasteiger partial charge in [-0.05, 0) is 79.7 Å². The fourth-order valence-corrected chi connectivity index (χ4v) is 7.64. The molecule has 222 valence electrons. The van der Waals surface area contributed by atoms with Crippen LogP contribution in [-0.4, -0.2) is 59.5 Å². The summed E-state index contributed by atoms with van der Waals surface area (Å²) in [7, 11) is -1.38. The molecule has 3 aliphatic rings. The Bertz CT molecular complexity index is 1120. The number of carbonyl (C=O) groups is 2. The summed E-state index contributed by atoms with van der Waals surface area (Å²) >= 11 is 0. The topological polar surface area (TPSA) is 123 Å². The van der Waals surface area contributed by atoms with Crippen LogP contribution in [0.5, 0.6) is 5.75 Å². The number of hydrogen-bond donors (Lipinski definition) is 3. The first-order valence-corrected chi connectivity index (χ1v) is 14.5. The van der Waals surface area contributed by atoms with Crippen molar-refractivity contribution >= 4 is 24.3 Å². The van der Waals surface area contributed by atoms with Crippen molar-refractivity contribution in [3.05, 3.63) is 23.5 Å². The van der Waals surface area contributed by atoms with Gasteiger partial charge in [-0.15, -0.1) is 0 Å². The molecule has 2 bridgehead atoms. The second-order valence-corrected chi connectivity index (χ2v) is 13.1. The molecule has 2 aliphatic carbocycles. The molecule has 0 spiro atoms. The Morgan fingerprint density at radius 3 is 2.62 bits per heavy atom. The van der Waals surface area contributed by atoms with Gasteiger partial charge in [0.25, 0.3) is 0 Å². The van der Waals surface area contributed by atoms with Gasteiger partial charge in [-0.1, -0.05) is 33.8 Å². The molecule has 1 aromatic carbocycles. The minimum absolute atomic E-state index is 0.0132. The maximum Gasteiger partial charge on any atom is 0.494 e. The van der Waals surface area contributed by atoms with Crippen molar-refractivity contribution in [1.29, 1.82) is 0 Å². The van der Waals surface area contributed by atoms with E-state index in [-0.39, 0.29) is 47.5 Å². The van der Waals surface area contributed by atoms with E-state index >= 15 is 0 Å². The second-order valence-electron chi connectivity index (χ2n) is 13.1. The van der Waals surface area contributed by atoms with Gasteiger partial charge in [0, 0.05) is 23.9 Å². The van der Waals surface area contributed by atoms with E-state index in [9.17, 15) is 29.2 Å². The van der Waals surface area contributed by atoms with Crippen molar-refractivity contribution in [3.8, 4) is 5.75 Å². The molecule has 0 aromatic heterocycles. The third-order valence-electron chi connectivity index (χ3n) is 10.6. The van der Waals surface area contributed by atoms with Gasteiger partial charge in [-0.25, -0.2) is 9.18 Å². The summed E-state index contributed by atoms with van der Waals surface area (Å²) in [6, 6.07) is 3.00. The van der Waals surface area contributed by atoms with Crippen LogP contribution in [0.25, 0.3) is 0 Å². The maximum atomic E-state index is 15.0. The SMILES string of the molecule is CC(=O)CC[C@]12CC[C@@H](C)[C@](C)(C1)[C@H](OC(=O)COc1ccc3c(c1F)B(O)OC3)C[C@@](C)(CCO)[C@@H](O)[C@@H]2C. The summed E-state index contributed by atoms with van der Waals surface area (Å²) in [6.45, 7) is 9.31. The van der Waals surface area contributed by atoms with Gasteiger partial charge >= 0.3 is 13.1 Å². The normalized spacial score (nSPS) is 35.5. The minimum atomic E-state index is -1.38. The largest absolute Gasteiger partial charge is 0.494 e. The zero-order valence-corrected chi connectivity index (χ0v) is 24.4. The molecule has 1 heterocycles. The minimum Gasteiger partial charge on any atom is -0.479 e. The van der Waals surface area contributed by atoms with Gasteiger partial charge in [0.2, 0.25) is 0 Å². The maximum absolute atomic E-state index is 15.0. The molecule has 4 rings (SSSR count). The second kappa shape index (κ2) is 11.7. The van der Waals surface area contributed by atoms with Crippen LogP contribution in [0.4, 0.5) is 4.39 Å². The van der Waals surface area contributed by atoms with Crippen molar-refractivity contribution in [2.75, 3.05) is 13.2 Å². The van der Waals surface area contributed by atoms with Gasteiger partial charge in [0.1, 0.15) is 11.9 Å². The molecule has 2 saturated carbocycles. The lowest BCUT2D eigenvalue weighted by molar-refractivity contribution is -0.197. The number of ether oxygens (including phenoxy) is 2. The Morgan fingerprint density at radius 2 is 1.95 bits per heavy atom. The van der Waals surface area contributed by atoms with E-state index in [4.69, 9.17) is 14.1 Å². The molecule has 10 heteroatoms. The smallest absolute Gasteiger partial charge is 0.479 e. The summed E-state index contributed by atoms with van der Waals surface area (Å²) in [5, 5.41) is 31.6. The number of halogens is 1. The number of esters is 1. The Kier molecular flexibility index (Phi) is 9.05. The average Bonchev–Trinajstić information content (AvgIpc) is 3.28. The first kappa shape index (κ1) is 30.9. The van der Waals surface area contributed by atoms with Crippen LogP contribution in [0, 0.1) is 33.9 Å². The predicted molar refractivity (Wildman–Crippen MR) is 147 cm³/mol. The van der Waals surface area contributed by atoms with Crippen molar-refractivity contribution < 1.29 is 43.3 Å². The molecule has 0 radical (unpaired) electrons. The summed E-state index contributed by atoms with van der Waals surface area (Å²) in [6.07, 6.45) is 2.83. The van der Waals surface area contributed by atoms with Crippen molar-refractivity contribution in [3.63, 3.8) is 0 Å². The molecule has 40 heavy (non-hydrogen) atoms. The van der Waals surface area contributed by atoms with Crippen LogP contribution in [0.2, 0.25) is 0 Å². The molecule has 8 nitrogen and oxygen atoms in total. The molecule has 7 atom stereocenters. The van der Waals surface area contributed by atoms with E-state index in [2.05, 4.69) is 20.8 Å². The highest BCUT2D eigenvalue weighted by molar-refractivity contribution is 6.61. The summed E-state index contributed by atoms with van der Waals surface area (Å²) in [5.41, 5.74) is -0.961. The average molecular weight is 562 g/mol. The Morgan fingerprint density at radius 1 is 1.23 bits per heavy atom. The number of aliphatic hydroxyl groups excluding tert-OH is 2. The number of rotatable bonds is 9. The number of ketones is 1. The number of Topliss-reactive ketones (excluding diaryl/α,β-unsaturated/α-hetero) is 1. The standard InChI is InChI=1S/C30H44BFO8/c1-18-8-10-30(11-9-19(2)34)17-29(18,5)23(14-28(4,12-13-33)27(36)20(30)3)40-24(35)16-38-22-7-6-21-15-39-31(37)25(21)26(22)32/h6-7,18,20,23,27,33,36-37H,8-17H2,1-5H3/t18-,20+,23-,27+,28-,29+,30-/m1/s1. The number of carbonyl (C=O) groups excluding carboxylic acids is 2. The van der Waals surface area contributed by atoms with Crippen LogP contribution in [0.1, 0.15) is 85.1 Å². The highest BCUT2D eigenvalue weighted by Gasteiger charge is 2.59. The fourth-order valence-electron chi connectivity index (χ4n) is 7.64. The Labute approximate surface area is 236 Å². The van der Waals surface area contributed by atoms with Gasteiger partial charge in [0.05, 0.1) is 12.7 Å². The van der Waals surface area contributed by atoms with E-state index in [1.54, 1.807) is 13.0 Å². The first-order valence-electron chi connectivity index (χ1n) is 14.5. The molecular weight excluding hydrogens is 518 g/mol. The van der Waals surface area contributed by atoms with Crippen LogP contribution < -0.4 is 10.2 Å². The van der Waals surface area contributed by atoms with Gasteiger partial charge in [-0.2, -0.15) is 0 Å². The molecule has 1 aromatic rings. The lowest BCUT2D eigenvalue weighted by Crippen LogP contribution is -2.58. The lowest BCUT2D eigenvalue weighted by Gasteiger charge is -2.60. The molecule has 3 N–H and O–H groups in total. The molecule has 0 amide bonds. The van der Waals surface area contributed by atoms with E-state index in [0.29, 0.717) is 37.7 Å². The van der Waals surface area contributed by atoms with Gasteiger partial charge in [0.15, 0.2) is 18.2 Å². The molecule has 0 unspecified atom stereocenters. The molecular formula is C30H44BFO8. The number of fused-ring (bicyclic) bond motifs is 3. The van der Waals surface area contributed by atoms with Crippen molar-refractivity contribution in [2.45, 2.75) is 98.4 Å². The third-order valence-corrected chi connectivity index (χ3v) is 10.6. The number of benzene rings is 1. The summed E-state index contributed by atoms with van der Waals surface area (Å²) in [4.78, 5) is 25.2. The lowest BCUT2D eigenvalue weighted by atomic mass is 9.47. The van der Waals surface area contributed by atoms with Crippen LogP contribution in [0.3, 0.4) is 0 Å². The van der Waals surface area contributed by atoms with E-state index < -0.39 is 48.5 Å². The van der Waals surface area contributed by atoms with Crippen LogP contribution >= 0.6 is 0 Å². The highest BCUT2D eigenvalue weighted by Crippen LogP contribution is 2.62. The fraction of sp³-hybridized carbons (Fsp3) is 0.733. The Hall–Kier alpha value is -2.01. The van der Waals surface area contributed by atoms with Gasteiger partial charge < -0.3 is 34.2 Å². The van der Waals surface area contributed by atoms with Crippen LogP contribution in [-0.2, 0) is 25.6 Å².